The maximum absolute atomic E-state index is 12.4. The predicted molar refractivity (Wildman–Crippen MR) is 90.5 cm³/mol. The Hall–Kier alpha value is -3.22. The van der Waals surface area contributed by atoms with Crippen LogP contribution in [-0.2, 0) is 22.4 Å². The molecule has 7 heteroatoms. The Balaban J connectivity index is 1.78. The Morgan fingerprint density at radius 2 is 2.08 bits per heavy atom. The van der Waals surface area contributed by atoms with E-state index in [9.17, 15) is 19.7 Å². The van der Waals surface area contributed by atoms with Crippen molar-refractivity contribution in [2.75, 3.05) is 5.32 Å². The number of ether oxygens (including phenoxy) is 1. The molecule has 1 N–H and O–H groups in total. The van der Waals surface area contributed by atoms with Crippen molar-refractivity contribution in [3.05, 3.63) is 69.3 Å². The Kier molecular flexibility index (Phi) is 4.47. The lowest BCUT2D eigenvalue weighted by atomic mass is 9.98. The number of hydrogen-bond donors (Lipinski definition) is 1. The van der Waals surface area contributed by atoms with Gasteiger partial charge in [0.25, 0.3) is 11.6 Å². The average Bonchev–Trinajstić information content (AvgIpc) is 2.61. The average molecular weight is 340 g/mol. The first kappa shape index (κ1) is 16.6. The molecule has 1 aliphatic rings. The second-order valence-corrected chi connectivity index (χ2v) is 5.70. The summed E-state index contributed by atoms with van der Waals surface area (Å²) in [7, 11) is 0. The third-order valence-corrected chi connectivity index (χ3v) is 4.11. The van der Waals surface area contributed by atoms with Gasteiger partial charge in [-0.25, -0.2) is 4.79 Å². The lowest BCUT2D eigenvalue weighted by molar-refractivity contribution is -0.385. The summed E-state index contributed by atoms with van der Waals surface area (Å²) in [5.74, 6) is -1.06. The normalized spacial score (nSPS) is 15.9. The Labute approximate surface area is 143 Å². The van der Waals surface area contributed by atoms with Crippen LogP contribution in [0.25, 0.3) is 0 Å². The van der Waals surface area contributed by atoms with E-state index in [1.807, 2.05) is 6.92 Å². The van der Waals surface area contributed by atoms with E-state index in [2.05, 4.69) is 5.32 Å². The van der Waals surface area contributed by atoms with Crippen LogP contribution in [0.4, 0.5) is 11.4 Å². The topological polar surface area (TPSA) is 98.5 Å². The minimum absolute atomic E-state index is 0.0497. The number of nitro groups is 1. The van der Waals surface area contributed by atoms with Crippen LogP contribution in [0.2, 0.25) is 0 Å². The number of esters is 1. The van der Waals surface area contributed by atoms with Crippen LogP contribution in [0.3, 0.4) is 0 Å². The van der Waals surface area contributed by atoms with E-state index in [0.29, 0.717) is 23.2 Å². The van der Waals surface area contributed by atoms with Crippen LogP contribution in [-0.4, -0.2) is 22.9 Å². The van der Waals surface area contributed by atoms with E-state index >= 15 is 0 Å². The predicted octanol–water partition coefficient (Wildman–Crippen LogP) is 2.88. The number of fused-ring (bicyclic) bond motifs is 1. The number of aryl methyl sites for hydroxylation is 1. The molecule has 2 aromatic rings. The number of carbonyl (C=O) groups excluding carboxylic acids is 2. The molecule has 0 saturated heterocycles. The van der Waals surface area contributed by atoms with Gasteiger partial charge >= 0.3 is 5.97 Å². The van der Waals surface area contributed by atoms with E-state index in [4.69, 9.17) is 4.74 Å². The molecular formula is C18H16N2O5. The molecule has 1 unspecified atom stereocenters. The first-order valence-electron chi connectivity index (χ1n) is 7.86. The highest BCUT2D eigenvalue weighted by atomic mass is 16.6. The number of benzene rings is 2. The number of rotatable bonds is 4. The molecule has 2 aromatic carbocycles. The summed E-state index contributed by atoms with van der Waals surface area (Å²) in [6.45, 7) is 1.82. The number of amides is 1. The molecule has 7 nitrogen and oxygen atoms in total. The van der Waals surface area contributed by atoms with Gasteiger partial charge in [-0.05, 0) is 24.1 Å². The van der Waals surface area contributed by atoms with Crippen molar-refractivity contribution in [1.82, 2.24) is 0 Å². The summed E-state index contributed by atoms with van der Waals surface area (Å²) in [5.41, 5.74) is 2.02. The first-order chi connectivity index (χ1) is 12.0. The highest BCUT2D eigenvalue weighted by Crippen LogP contribution is 2.25. The van der Waals surface area contributed by atoms with Crippen molar-refractivity contribution in [2.24, 2.45) is 0 Å². The number of cyclic esters (lactones) is 1. The van der Waals surface area contributed by atoms with Crippen molar-refractivity contribution in [3.8, 4) is 0 Å². The van der Waals surface area contributed by atoms with Crippen molar-refractivity contribution in [2.45, 2.75) is 25.9 Å². The lowest BCUT2D eigenvalue weighted by Gasteiger charge is -2.23. The maximum Gasteiger partial charge on any atom is 0.339 e. The molecule has 1 heterocycles. The first-order valence-corrected chi connectivity index (χ1v) is 7.86. The molecule has 1 amide bonds. The monoisotopic (exact) mass is 340 g/mol. The Bertz CT molecular complexity index is 862. The summed E-state index contributed by atoms with van der Waals surface area (Å²) in [4.78, 5) is 35.0. The minimum Gasteiger partial charge on any atom is -0.448 e. The lowest BCUT2D eigenvalue weighted by Crippen LogP contribution is -2.37. The van der Waals surface area contributed by atoms with E-state index in [0.717, 1.165) is 5.56 Å². The van der Waals surface area contributed by atoms with Gasteiger partial charge in [0.05, 0.1) is 10.5 Å². The van der Waals surface area contributed by atoms with Gasteiger partial charge < -0.3 is 10.1 Å². The third-order valence-electron chi connectivity index (χ3n) is 4.11. The van der Waals surface area contributed by atoms with Crippen LogP contribution in [0.1, 0.15) is 28.4 Å². The molecule has 0 radical (unpaired) electrons. The minimum atomic E-state index is -0.965. The molecule has 1 atom stereocenters. The largest absolute Gasteiger partial charge is 0.448 e. The molecule has 1 aliphatic heterocycles. The fourth-order valence-corrected chi connectivity index (χ4v) is 2.81. The van der Waals surface area contributed by atoms with Crippen molar-refractivity contribution in [3.63, 3.8) is 0 Å². The van der Waals surface area contributed by atoms with Gasteiger partial charge in [0.1, 0.15) is 0 Å². The van der Waals surface area contributed by atoms with Gasteiger partial charge in [-0.3, -0.25) is 14.9 Å². The Morgan fingerprint density at radius 1 is 1.32 bits per heavy atom. The zero-order valence-corrected chi connectivity index (χ0v) is 13.5. The molecule has 0 spiro atoms. The van der Waals surface area contributed by atoms with E-state index in [-0.39, 0.29) is 12.1 Å². The van der Waals surface area contributed by atoms with E-state index in [1.54, 1.807) is 36.4 Å². The third kappa shape index (κ3) is 3.35. The van der Waals surface area contributed by atoms with Gasteiger partial charge in [0, 0.05) is 23.7 Å². The van der Waals surface area contributed by atoms with Crippen LogP contribution >= 0.6 is 0 Å². The Morgan fingerprint density at radius 3 is 2.80 bits per heavy atom. The SMILES string of the molecule is CCc1ccc(NC(=O)C2Cc3ccccc3C(=O)O2)cc1[N+](=O)[O-]. The second-order valence-electron chi connectivity index (χ2n) is 5.70. The van der Waals surface area contributed by atoms with Crippen LogP contribution in [0.5, 0.6) is 0 Å². The summed E-state index contributed by atoms with van der Waals surface area (Å²) < 4.78 is 5.18. The summed E-state index contributed by atoms with van der Waals surface area (Å²) in [6, 6.07) is 11.5. The molecule has 0 saturated carbocycles. The molecular weight excluding hydrogens is 324 g/mol. The van der Waals surface area contributed by atoms with Crippen molar-refractivity contribution in [1.29, 1.82) is 0 Å². The molecule has 128 valence electrons. The van der Waals surface area contributed by atoms with Gasteiger partial charge in [0.2, 0.25) is 0 Å². The van der Waals surface area contributed by atoms with Gasteiger partial charge in [-0.2, -0.15) is 0 Å². The van der Waals surface area contributed by atoms with E-state index < -0.39 is 22.9 Å². The number of nitrogens with zero attached hydrogens (tertiary/aromatic N) is 1. The summed E-state index contributed by atoms with van der Waals surface area (Å²) in [5, 5.41) is 13.7. The van der Waals surface area contributed by atoms with Crippen molar-refractivity contribution < 1.29 is 19.2 Å². The number of nitro benzene ring substituents is 1. The van der Waals surface area contributed by atoms with Gasteiger partial charge in [-0.1, -0.05) is 31.2 Å². The number of nitrogens with one attached hydrogen (secondary N) is 1. The second kappa shape index (κ2) is 6.72. The summed E-state index contributed by atoms with van der Waals surface area (Å²) in [6.07, 6.45) is -0.183. The highest BCUT2D eigenvalue weighted by molar-refractivity contribution is 6.00. The number of carbonyl (C=O) groups is 2. The van der Waals surface area contributed by atoms with Crippen molar-refractivity contribution >= 4 is 23.3 Å². The molecule has 0 aromatic heterocycles. The zero-order valence-electron chi connectivity index (χ0n) is 13.5. The number of anilines is 1. The van der Waals surface area contributed by atoms with Gasteiger partial charge in [-0.15, -0.1) is 0 Å². The van der Waals surface area contributed by atoms with E-state index in [1.165, 1.54) is 6.07 Å². The zero-order chi connectivity index (χ0) is 18.0. The highest BCUT2D eigenvalue weighted by Gasteiger charge is 2.31. The van der Waals surface area contributed by atoms with Gasteiger partial charge in [0.15, 0.2) is 6.10 Å². The quantitative estimate of drug-likeness (QED) is 0.524. The molecule has 0 fully saturated rings. The summed E-state index contributed by atoms with van der Waals surface area (Å²) >= 11 is 0. The van der Waals surface area contributed by atoms with Crippen LogP contribution in [0, 0.1) is 10.1 Å². The smallest absolute Gasteiger partial charge is 0.339 e. The maximum atomic E-state index is 12.4. The molecule has 0 bridgehead atoms. The van der Waals surface area contributed by atoms with Crippen LogP contribution < -0.4 is 5.32 Å². The molecule has 0 aliphatic carbocycles. The molecule has 25 heavy (non-hydrogen) atoms. The fraction of sp³-hybridized carbons (Fsp3) is 0.222. The molecule has 3 rings (SSSR count). The fourth-order valence-electron chi connectivity index (χ4n) is 2.81. The van der Waals surface area contributed by atoms with Crippen LogP contribution in [0.15, 0.2) is 42.5 Å². The standard InChI is InChI=1S/C18H16N2O5/c1-2-11-7-8-13(10-15(11)20(23)24)19-17(21)16-9-12-5-3-4-6-14(12)18(22)25-16/h3-8,10,16H,2,9H2,1H3,(H,19,21). The number of hydrogen-bond acceptors (Lipinski definition) is 5.